The van der Waals surface area contributed by atoms with E-state index in [1.807, 2.05) is 17.4 Å². The third kappa shape index (κ3) is 4.41. The molecule has 3 aromatic heterocycles. The maximum Gasteiger partial charge on any atom is 0.471 e. The number of ether oxygens (including phenoxy) is 1. The number of rotatable bonds is 6. The van der Waals surface area contributed by atoms with Gasteiger partial charge in [0.15, 0.2) is 0 Å². The number of carbonyl (C=O) groups is 1. The first-order valence-electron chi connectivity index (χ1n) is 10.5. The van der Waals surface area contributed by atoms with Gasteiger partial charge in [0.05, 0.1) is 46.8 Å². The van der Waals surface area contributed by atoms with E-state index in [9.17, 15) is 18.0 Å². The van der Waals surface area contributed by atoms with Gasteiger partial charge in [0.2, 0.25) is 5.88 Å². The summed E-state index contributed by atoms with van der Waals surface area (Å²) in [6.45, 7) is 7.39. The van der Waals surface area contributed by atoms with E-state index in [1.165, 1.54) is 0 Å². The van der Waals surface area contributed by atoms with Gasteiger partial charge in [-0.25, -0.2) is 9.13 Å². The molecule has 0 aliphatic carbocycles. The minimum atomic E-state index is -4.91. The summed E-state index contributed by atoms with van der Waals surface area (Å²) in [7, 11) is 1.70. The molecular formula is C21H23F3IN6O2P. The van der Waals surface area contributed by atoms with E-state index >= 15 is 0 Å². The Labute approximate surface area is 208 Å². The molecule has 3 unspecified atom stereocenters. The lowest BCUT2D eigenvalue weighted by Crippen LogP contribution is -2.49. The molecule has 1 saturated heterocycles. The minimum absolute atomic E-state index is 0.0536. The molecule has 34 heavy (non-hydrogen) atoms. The van der Waals surface area contributed by atoms with Gasteiger partial charge in [-0.3, -0.25) is 9.78 Å². The summed E-state index contributed by atoms with van der Waals surface area (Å²) in [6, 6.07) is 1.20. The summed E-state index contributed by atoms with van der Waals surface area (Å²) in [4.78, 5) is 17.4. The van der Waals surface area contributed by atoms with Gasteiger partial charge in [-0.1, -0.05) is 6.58 Å². The highest BCUT2D eigenvalue weighted by Crippen LogP contribution is 2.37. The molecule has 1 aliphatic heterocycles. The molecule has 3 aromatic rings. The van der Waals surface area contributed by atoms with Crippen LogP contribution in [0.15, 0.2) is 18.8 Å². The molecule has 182 valence electrons. The van der Waals surface area contributed by atoms with Gasteiger partial charge >= 0.3 is 12.1 Å². The quantitative estimate of drug-likeness (QED) is 0.295. The Morgan fingerprint density at radius 3 is 2.79 bits per heavy atom. The van der Waals surface area contributed by atoms with E-state index in [-0.39, 0.29) is 6.54 Å². The van der Waals surface area contributed by atoms with Crippen LogP contribution in [-0.2, 0) is 11.8 Å². The Balaban J connectivity index is 1.70. The average Bonchev–Trinajstić information content (AvgIpc) is 3.47. The van der Waals surface area contributed by atoms with Gasteiger partial charge in [-0.15, -0.1) is 0 Å². The standard InChI is InChI=1S/C21H23F3IN6O2P/c1-5-14-13-9-15(26-10-17(13)31(28-14)34-25)18-11(2)27-29(4)19(18)33-12(3)16-7-6-8-30(16)20(32)21(22,23)24/h5,9-10,12,16,34H,1,6-8H2,2-4H3. The molecule has 0 saturated carbocycles. The highest BCUT2D eigenvalue weighted by molar-refractivity contribution is 14.2. The Bertz CT molecular complexity index is 1260. The third-order valence-electron chi connectivity index (χ3n) is 5.94. The number of halogens is 4. The van der Waals surface area contributed by atoms with E-state index in [0.717, 1.165) is 21.5 Å². The topological polar surface area (TPSA) is 78.1 Å². The van der Waals surface area contributed by atoms with Crippen molar-refractivity contribution in [1.82, 2.24) is 29.2 Å². The Hall–Kier alpha value is -2.21. The number of hydrogen-bond donors (Lipinski definition) is 0. The number of aryl methyl sites for hydroxylation is 2. The average molecular weight is 606 g/mol. The van der Waals surface area contributed by atoms with Gasteiger partial charge in [0, 0.05) is 19.0 Å². The SMILES string of the molecule is C=Cc1nn(PI)c2cnc(-c3c(C)nn(C)c3OC(C)C3CCCN3C(=O)C(F)(F)F)cc12. The van der Waals surface area contributed by atoms with E-state index in [0.29, 0.717) is 42.0 Å². The number of amides is 1. The number of carbonyl (C=O) groups excluding carboxylic acids is 1. The largest absolute Gasteiger partial charge is 0.472 e. The van der Waals surface area contributed by atoms with Crippen molar-refractivity contribution in [1.29, 1.82) is 0 Å². The second-order valence-electron chi connectivity index (χ2n) is 8.09. The van der Waals surface area contributed by atoms with Crippen molar-refractivity contribution in [3.05, 3.63) is 30.2 Å². The molecule has 0 bridgehead atoms. The molecule has 1 amide bonds. The maximum atomic E-state index is 13.1. The van der Waals surface area contributed by atoms with Crippen LogP contribution in [0.4, 0.5) is 13.2 Å². The number of hydrogen-bond acceptors (Lipinski definition) is 5. The lowest BCUT2D eigenvalue weighted by Gasteiger charge is -2.30. The number of alkyl halides is 3. The van der Waals surface area contributed by atoms with Crippen molar-refractivity contribution in [3.8, 4) is 17.1 Å². The maximum absolute atomic E-state index is 13.1. The normalized spacial score (nSPS) is 17.7. The minimum Gasteiger partial charge on any atom is -0.472 e. The van der Waals surface area contributed by atoms with Crippen LogP contribution < -0.4 is 4.74 Å². The second kappa shape index (κ2) is 9.44. The van der Waals surface area contributed by atoms with Crippen molar-refractivity contribution >= 4 is 51.3 Å². The highest BCUT2D eigenvalue weighted by Gasteiger charge is 2.47. The number of aromatic nitrogens is 5. The van der Waals surface area contributed by atoms with Crippen molar-refractivity contribution < 1.29 is 22.7 Å². The molecule has 0 spiro atoms. The molecule has 13 heteroatoms. The first kappa shape index (κ1) is 24.9. The van der Waals surface area contributed by atoms with Crippen molar-refractivity contribution in [3.63, 3.8) is 0 Å². The fourth-order valence-corrected chi connectivity index (χ4v) is 5.92. The van der Waals surface area contributed by atoms with E-state index < -0.39 is 24.2 Å². The predicted molar refractivity (Wildman–Crippen MR) is 133 cm³/mol. The Kier molecular flexibility index (Phi) is 6.92. The lowest BCUT2D eigenvalue weighted by molar-refractivity contribution is -0.187. The van der Waals surface area contributed by atoms with Crippen LogP contribution in [0.25, 0.3) is 28.2 Å². The van der Waals surface area contributed by atoms with Crippen LogP contribution in [0.1, 0.15) is 31.2 Å². The molecule has 8 nitrogen and oxygen atoms in total. The molecule has 4 rings (SSSR count). The monoisotopic (exact) mass is 606 g/mol. The summed E-state index contributed by atoms with van der Waals surface area (Å²) >= 11 is 2.24. The Morgan fingerprint density at radius 1 is 1.41 bits per heavy atom. The summed E-state index contributed by atoms with van der Waals surface area (Å²) in [6.07, 6.45) is -0.871. The van der Waals surface area contributed by atoms with Gasteiger partial charge < -0.3 is 9.64 Å². The number of nitrogens with zero attached hydrogens (tertiary/aromatic N) is 6. The molecule has 0 N–H and O–H groups in total. The third-order valence-corrected chi connectivity index (χ3v) is 7.81. The number of pyridine rings is 1. The van der Waals surface area contributed by atoms with E-state index in [2.05, 4.69) is 43.8 Å². The zero-order valence-electron chi connectivity index (χ0n) is 18.7. The molecule has 3 atom stereocenters. The van der Waals surface area contributed by atoms with Crippen LogP contribution in [-0.4, -0.2) is 60.0 Å². The fraction of sp³-hybridized carbons (Fsp3) is 0.429. The fourth-order valence-electron chi connectivity index (χ4n) is 4.41. The first-order valence-corrected chi connectivity index (χ1v) is 14.6. The molecule has 4 heterocycles. The van der Waals surface area contributed by atoms with Crippen molar-refractivity contribution in [2.24, 2.45) is 7.05 Å². The molecule has 1 aliphatic rings. The number of likely N-dealkylation sites (tertiary alicyclic amines) is 1. The first-order chi connectivity index (χ1) is 16.1. The summed E-state index contributed by atoms with van der Waals surface area (Å²) < 4.78 is 48.8. The smallest absolute Gasteiger partial charge is 0.471 e. The van der Waals surface area contributed by atoms with Crippen LogP contribution in [0.5, 0.6) is 5.88 Å². The van der Waals surface area contributed by atoms with Crippen LogP contribution in [0, 0.1) is 6.92 Å². The van der Waals surface area contributed by atoms with Crippen molar-refractivity contribution in [2.45, 2.75) is 45.0 Å². The molecule has 1 fully saturated rings. The van der Waals surface area contributed by atoms with Crippen LogP contribution in [0.2, 0.25) is 0 Å². The van der Waals surface area contributed by atoms with Crippen LogP contribution >= 0.6 is 28.4 Å². The number of fused-ring (bicyclic) bond motifs is 1. The molecule has 0 aromatic carbocycles. The van der Waals surface area contributed by atoms with Gasteiger partial charge in [-0.05, 0) is 60.9 Å². The van der Waals surface area contributed by atoms with Gasteiger partial charge in [-0.2, -0.15) is 23.4 Å². The molecular weight excluding hydrogens is 583 g/mol. The van der Waals surface area contributed by atoms with E-state index in [4.69, 9.17) is 4.74 Å². The predicted octanol–water partition coefficient (Wildman–Crippen LogP) is 4.90. The second-order valence-corrected chi connectivity index (χ2v) is 10.1. The highest BCUT2D eigenvalue weighted by atomic mass is 127. The molecule has 0 radical (unpaired) electrons. The van der Waals surface area contributed by atoms with Crippen molar-refractivity contribution in [2.75, 3.05) is 6.54 Å². The summed E-state index contributed by atoms with van der Waals surface area (Å²) in [5, 5.41) is 9.87. The van der Waals surface area contributed by atoms with E-state index in [1.54, 1.807) is 30.9 Å². The Morgan fingerprint density at radius 2 is 2.15 bits per heavy atom. The summed E-state index contributed by atoms with van der Waals surface area (Å²) in [5.41, 5.74) is 3.51. The van der Waals surface area contributed by atoms with Crippen LogP contribution in [0.3, 0.4) is 0 Å². The zero-order valence-corrected chi connectivity index (χ0v) is 21.9. The summed E-state index contributed by atoms with van der Waals surface area (Å²) in [5.74, 6) is -1.45. The van der Waals surface area contributed by atoms with Gasteiger partial charge in [0.25, 0.3) is 0 Å². The zero-order chi connectivity index (χ0) is 24.8. The van der Waals surface area contributed by atoms with Gasteiger partial charge in [0.1, 0.15) is 6.10 Å². The lowest BCUT2D eigenvalue weighted by atomic mass is 10.1.